The number of rotatable bonds is 5. The van der Waals surface area contributed by atoms with Crippen LogP contribution < -0.4 is 15.2 Å². The highest BCUT2D eigenvalue weighted by atomic mass is 32.2. The van der Waals surface area contributed by atoms with Crippen LogP contribution in [-0.4, -0.2) is 26.4 Å². The fraction of sp³-hybridized carbons (Fsp3) is 0.375. The highest BCUT2D eigenvalue weighted by Gasteiger charge is 2.06. The van der Waals surface area contributed by atoms with Crippen molar-refractivity contribution in [2.75, 3.05) is 13.0 Å². The first-order valence-electron chi connectivity index (χ1n) is 4.24. The van der Waals surface area contributed by atoms with E-state index >= 15 is 0 Å². The number of aromatic nitrogens is 1. The van der Waals surface area contributed by atoms with E-state index in [9.17, 15) is 8.42 Å². The van der Waals surface area contributed by atoms with Gasteiger partial charge in [0, 0.05) is 6.20 Å². The van der Waals surface area contributed by atoms with Crippen molar-refractivity contribution in [2.45, 2.75) is 6.54 Å². The maximum atomic E-state index is 10.9. The first-order valence-corrected chi connectivity index (χ1v) is 6.13. The fourth-order valence-corrected chi connectivity index (χ4v) is 1.38. The summed E-state index contributed by atoms with van der Waals surface area (Å²) in [7, 11) is -3.23. The van der Waals surface area contributed by atoms with Gasteiger partial charge in [0.15, 0.2) is 0 Å². The van der Waals surface area contributed by atoms with Gasteiger partial charge in [-0.15, -0.1) is 0 Å². The van der Waals surface area contributed by atoms with Crippen LogP contribution in [0.5, 0.6) is 5.75 Å². The van der Waals surface area contributed by atoms with Crippen molar-refractivity contribution in [1.29, 1.82) is 0 Å². The van der Waals surface area contributed by atoms with E-state index in [0.717, 1.165) is 6.26 Å². The molecule has 0 aromatic carbocycles. The third kappa shape index (κ3) is 4.24. The summed E-state index contributed by atoms with van der Waals surface area (Å²) in [5.41, 5.74) is 5.73. The maximum absolute atomic E-state index is 10.9. The Kier molecular flexibility index (Phi) is 4.01. The van der Waals surface area contributed by atoms with Crippen molar-refractivity contribution in [1.82, 2.24) is 9.71 Å². The SMILES string of the molecule is CS(=O)(=O)NCc1ncccc1OCN. The van der Waals surface area contributed by atoms with Crippen LogP contribution >= 0.6 is 0 Å². The molecule has 0 bridgehead atoms. The zero-order chi connectivity index (χ0) is 11.3. The maximum Gasteiger partial charge on any atom is 0.209 e. The number of hydrogen-bond donors (Lipinski definition) is 2. The molecule has 7 heteroatoms. The van der Waals surface area contributed by atoms with E-state index in [0.29, 0.717) is 11.4 Å². The summed E-state index contributed by atoms with van der Waals surface area (Å²) in [6.45, 7) is 0.118. The summed E-state index contributed by atoms with van der Waals surface area (Å²) >= 11 is 0. The van der Waals surface area contributed by atoms with Gasteiger partial charge >= 0.3 is 0 Å². The Balaban J connectivity index is 2.75. The molecule has 0 saturated carbocycles. The molecule has 0 spiro atoms. The van der Waals surface area contributed by atoms with Crippen LogP contribution in [0.1, 0.15) is 5.69 Å². The van der Waals surface area contributed by atoms with Gasteiger partial charge < -0.3 is 4.74 Å². The van der Waals surface area contributed by atoms with E-state index in [4.69, 9.17) is 10.5 Å². The Hall–Kier alpha value is -1.18. The Bertz CT molecular complexity index is 419. The molecule has 0 radical (unpaired) electrons. The lowest BCUT2D eigenvalue weighted by Gasteiger charge is -2.08. The second-order valence-electron chi connectivity index (χ2n) is 2.85. The second kappa shape index (κ2) is 5.06. The van der Waals surface area contributed by atoms with Gasteiger partial charge in [-0.3, -0.25) is 10.7 Å². The smallest absolute Gasteiger partial charge is 0.209 e. The molecule has 6 nitrogen and oxygen atoms in total. The summed E-state index contributed by atoms with van der Waals surface area (Å²) in [5.74, 6) is 0.483. The van der Waals surface area contributed by atoms with Crippen LogP contribution in [0.4, 0.5) is 0 Å². The van der Waals surface area contributed by atoms with Gasteiger partial charge in [-0.1, -0.05) is 0 Å². The van der Waals surface area contributed by atoms with Crippen molar-refractivity contribution in [3.05, 3.63) is 24.0 Å². The highest BCUT2D eigenvalue weighted by molar-refractivity contribution is 7.88. The van der Waals surface area contributed by atoms with Crippen molar-refractivity contribution in [3.8, 4) is 5.75 Å². The molecular weight excluding hydrogens is 218 g/mol. The molecule has 84 valence electrons. The fourth-order valence-electron chi connectivity index (χ4n) is 0.977. The Morgan fingerprint density at radius 1 is 1.60 bits per heavy atom. The average molecular weight is 231 g/mol. The van der Waals surface area contributed by atoms with Gasteiger partial charge in [0.2, 0.25) is 10.0 Å². The molecule has 0 saturated heterocycles. The van der Waals surface area contributed by atoms with Crippen LogP contribution in [0, 0.1) is 0 Å². The molecular formula is C8H13N3O3S. The highest BCUT2D eigenvalue weighted by Crippen LogP contribution is 2.14. The van der Waals surface area contributed by atoms with Gasteiger partial charge in [-0.25, -0.2) is 13.1 Å². The first-order chi connectivity index (χ1) is 7.03. The lowest BCUT2D eigenvalue weighted by Crippen LogP contribution is -2.22. The van der Waals surface area contributed by atoms with Crippen LogP contribution in [0.25, 0.3) is 0 Å². The van der Waals surface area contributed by atoms with Gasteiger partial charge in [-0.05, 0) is 12.1 Å². The molecule has 0 fully saturated rings. The first kappa shape index (κ1) is 11.9. The zero-order valence-electron chi connectivity index (χ0n) is 8.30. The third-order valence-electron chi connectivity index (χ3n) is 1.59. The summed E-state index contributed by atoms with van der Waals surface area (Å²) in [4.78, 5) is 3.99. The van der Waals surface area contributed by atoms with E-state index in [1.807, 2.05) is 0 Å². The quantitative estimate of drug-likeness (QED) is 0.661. The molecule has 3 N–H and O–H groups in total. The summed E-state index contributed by atoms with van der Waals surface area (Å²) < 4.78 is 29.1. The number of nitrogens with zero attached hydrogens (tertiary/aromatic N) is 1. The van der Waals surface area contributed by atoms with Crippen molar-refractivity contribution in [3.63, 3.8) is 0 Å². The molecule has 1 rings (SSSR count). The largest absolute Gasteiger partial charge is 0.477 e. The van der Waals surface area contributed by atoms with Crippen molar-refractivity contribution >= 4 is 10.0 Å². The van der Waals surface area contributed by atoms with E-state index < -0.39 is 10.0 Å². The molecule has 0 aliphatic carbocycles. The molecule has 15 heavy (non-hydrogen) atoms. The third-order valence-corrected chi connectivity index (χ3v) is 2.26. The van der Waals surface area contributed by atoms with E-state index in [-0.39, 0.29) is 13.3 Å². The number of nitrogens with one attached hydrogen (secondary N) is 1. The molecule has 1 aromatic heterocycles. The van der Waals surface area contributed by atoms with Crippen LogP contribution in [0.15, 0.2) is 18.3 Å². The van der Waals surface area contributed by atoms with Crippen LogP contribution in [0.3, 0.4) is 0 Å². The zero-order valence-corrected chi connectivity index (χ0v) is 9.12. The Labute approximate surface area is 88.5 Å². The minimum atomic E-state index is -3.23. The molecule has 0 unspecified atom stereocenters. The lowest BCUT2D eigenvalue weighted by molar-refractivity contribution is 0.324. The van der Waals surface area contributed by atoms with Gasteiger partial charge in [0.25, 0.3) is 0 Å². The minimum Gasteiger partial charge on any atom is -0.477 e. The second-order valence-corrected chi connectivity index (χ2v) is 4.69. The molecule has 0 aliphatic heterocycles. The van der Waals surface area contributed by atoms with Crippen molar-refractivity contribution < 1.29 is 13.2 Å². The number of ether oxygens (including phenoxy) is 1. The summed E-state index contributed by atoms with van der Waals surface area (Å²) in [6, 6.07) is 3.37. The van der Waals surface area contributed by atoms with Crippen molar-refractivity contribution in [2.24, 2.45) is 5.73 Å². The van der Waals surface area contributed by atoms with Gasteiger partial charge in [0.05, 0.1) is 18.5 Å². The Morgan fingerprint density at radius 2 is 2.33 bits per heavy atom. The number of nitrogens with two attached hydrogens (primary N) is 1. The molecule has 0 atom stereocenters. The van der Waals surface area contributed by atoms with E-state index in [1.165, 1.54) is 0 Å². The number of hydrogen-bond acceptors (Lipinski definition) is 5. The standard InChI is InChI=1S/C8H13N3O3S/c1-15(12,13)11-5-7-8(14-6-9)3-2-4-10-7/h2-4,11H,5-6,9H2,1H3. The minimum absolute atomic E-state index is 0.0254. The lowest BCUT2D eigenvalue weighted by atomic mass is 10.3. The van der Waals surface area contributed by atoms with Crippen LogP contribution in [-0.2, 0) is 16.6 Å². The van der Waals surface area contributed by atoms with E-state index in [2.05, 4.69) is 9.71 Å². The molecule has 0 aliphatic rings. The normalized spacial score (nSPS) is 11.3. The molecule has 0 amide bonds. The van der Waals surface area contributed by atoms with Gasteiger partial charge in [-0.2, -0.15) is 0 Å². The van der Waals surface area contributed by atoms with E-state index in [1.54, 1.807) is 18.3 Å². The predicted octanol–water partition coefficient (Wildman–Crippen LogP) is -0.574. The average Bonchev–Trinajstić information content (AvgIpc) is 2.16. The van der Waals surface area contributed by atoms with Gasteiger partial charge in [0.1, 0.15) is 12.5 Å². The number of sulfonamides is 1. The molecule has 1 aromatic rings. The Morgan fingerprint density at radius 3 is 2.93 bits per heavy atom. The predicted molar refractivity (Wildman–Crippen MR) is 55.6 cm³/mol. The summed E-state index contributed by atoms with van der Waals surface area (Å²) in [5, 5.41) is 0. The van der Waals surface area contributed by atoms with Crippen LogP contribution in [0.2, 0.25) is 0 Å². The summed E-state index contributed by atoms with van der Waals surface area (Å²) in [6.07, 6.45) is 2.64. The number of pyridine rings is 1. The topological polar surface area (TPSA) is 94.3 Å². The monoisotopic (exact) mass is 231 g/mol. The molecule has 1 heterocycles.